The lowest BCUT2D eigenvalue weighted by atomic mass is 9.96. The van der Waals surface area contributed by atoms with E-state index in [1.807, 2.05) is 56.3 Å². The molecule has 2 aromatic carbocycles. The SMILES string of the molecule is Cc1cc(C(=O)c2cccc3c2nnn3C2CCCCO2)c(N=CN(C)C)c2cccnc12. The standard InChI is InChI=1S/C25H26N6O2/c1-16-14-19(23(27-15-30(2)3)17-9-7-12-26-22(16)17)25(32)18-8-6-10-20-24(18)28-29-31(20)21-11-4-5-13-33-21/h6-10,12,14-15,21H,4-5,11,13H2,1-3H3. The molecule has 33 heavy (non-hydrogen) atoms. The molecule has 1 unspecified atom stereocenters. The first-order valence-corrected chi connectivity index (χ1v) is 11.1. The number of ether oxygens (including phenoxy) is 1. The summed E-state index contributed by atoms with van der Waals surface area (Å²) in [6, 6.07) is 11.3. The van der Waals surface area contributed by atoms with Gasteiger partial charge in [-0.2, -0.15) is 0 Å². The van der Waals surface area contributed by atoms with Crippen LogP contribution in [-0.2, 0) is 4.74 Å². The number of aromatic nitrogens is 4. The van der Waals surface area contributed by atoms with Crippen molar-refractivity contribution in [3.63, 3.8) is 0 Å². The summed E-state index contributed by atoms with van der Waals surface area (Å²) in [6.07, 6.45) is 6.33. The second kappa shape index (κ2) is 8.71. The normalized spacial score (nSPS) is 16.6. The Labute approximate surface area is 191 Å². The Morgan fingerprint density at radius 1 is 1.18 bits per heavy atom. The molecule has 0 N–H and O–H groups in total. The lowest BCUT2D eigenvalue weighted by Gasteiger charge is -2.22. The number of rotatable bonds is 5. The summed E-state index contributed by atoms with van der Waals surface area (Å²) >= 11 is 0. The van der Waals surface area contributed by atoms with Crippen molar-refractivity contribution in [2.24, 2.45) is 4.99 Å². The van der Waals surface area contributed by atoms with Gasteiger partial charge in [-0.15, -0.1) is 5.10 Å². The topological polar surface area (TPSA) is 85.5 Å². The van der Waals surface area contributed by atoms with E-state index in [2.05, 4.69) is 20.3 Å². The summed E-state index contributed by atoms with van der Waals surface area (Å²) in [4.78, 5) is 24.9. The van der Waals surface area contributed by atoms with Gasteiger partial charge in [0.2, 0.25) is 0 Å². The molecule has 4 aromatic rings. The van der Waals surface area contributed by atoms with Crippen LogP contribution in [0.4, 0.5) is 5.69 Å². The Balaban J connectivity index is 1.66. The minimum atomic E-state index is -0.150. The molecule has 3 heterocycles. The summed E-state index contributed by atoms with van der Waals surface area (Å²) in [5, 5.41) is 9.57. The molecule has 1 saturated heterocycles. The van der Waals surface area contributed by atoms with Crippen LogP contribution in [0.15, 0.2) is 47.6 Å². The Hall–Kier alpha value is -3.65. The van der Waals surface area contributed by atoms with Crippen LogP contribution in [0.25, 0.3) is 21.9 Å². The smallest absolute Gasteiger partial charge is 0.197 e. The maximum Gasteiger partial charge on any atom is 0.197 e. The zero-order chi connectivity index (χ0) is 22.9. The number of hydrogen-bond acceptors (Lipinski definition) is 6. The lowest BCUT2D eigenvalue weighted by molar-refractivity contribution is -0.0377. The van der Waals surface area contributed by atoms with Crippen LogP contribution in [0.2, 0.25) is 0 Å². The molecule has 1 aliphatic rings. The number of carbonyl (C=O) groups excluding carboxylic acids is 1. The van der Waals surface area contributed by atoms with Crippen LogP contribution < -0.4 is 0 Å². The molecule has 0 aliphatic carbocycles. The maximum absolute atomic E-state index is 13.9. The molecule has 168 valence electrons. The molecule has 0 amide bonds. The van der Waals surface area contributed by atoms with Crippen LogP contribution in [0.3, 0.4) is 0 Å². The molecular formula is C25H26N6O2. The van der Waals surface area contributed by atoms with Crippen molar-refractivity contribution in [3.05, 3.63) is 59.3 Å². The molecule has 0 saturated carbocycles. The van der Waals surface area contributed by atoms with Crippen molar-refractivity contribution in [1.82, 2.24) is 24.9 Å². The summed E-state index contributed by atoms with van der Waals surface area (Å²) in [5.41, 5.74) is 4.74. The van der Waals surface area contributed by atoms with E-state index in [1.54, 1.807) is 23.3 Å². The van der Waals surface area contributed by atoms with Crippen molar-refractivity contribution in [2.75, 3.05) is 20.7 Å². The number of benzene rings is 2. The molecule has 1 atom stereocenters. The second-order valence-corrected chi connectivity index (χ2v) is 8.56. The molecule has 1 aliphatic heterocycles. The lowest BCUT2D eigenvalue weighted by Crippen LogP contribution is -2.19. The largest absolute Gasteiger partial charge is 0.369 e. The number of ketones is 1. The van der Waals surface area contributed by atoms with Crippen LogP contribution in [-0.4, -0.2) is 57.7 Å². The van der Waals surface area contributed by atoms with Gasteiger partial charge in [0.05, 0.1) is 28.6 Å². The number of fused-ring (bicyclic) bond motifs is 2. The van der Waals surface area contributed by atoms with E-state index < -0.39 is 0 Å². The third-order valence-electron chi connectivity index (χ3n) is 5.89. The number of nitrogens with zero attached hydrogens (tertiary/aromatic N) is 6. The Kier molecular flexibility index (Phi) is 5.60. The first-order valence-electron chi connectivity index (χ1n) is 11.1. The van der Waals surface area contributed by atoms with Gasteiger partial charge in [0.25, 0.3) is 0 Å². The fraction of sp³-hybridized carbons (Fsp3) is 0.320. The van der Waals surface area contributed by atoms with Crippen molar-refractivity contribution in [1.29, 1.82) is 0 Å². The van der Waals surface area contributed by atoms with E-state index in [1.165, 1.54) is 0 Å². The van der Waals surface area contributed by atoms with Crippen molar-refractivity contribution in [3.8, 4) is 0 Å². The van der Waals surface area contributed by atoms with Gasteiger partial charge in [-0.05, 0) is 62.1 Å². The molecule has 2 aromatic heterocycles. The Morgan fingerprint density at radius 3 is 2.85 bits per heavy atom. The van der Waals surface area contributed by atoms with E-state index in [0.717, 1.165) is 41.2 Å². The summed E-state index contributed by atoms with van der Waals surface area (Å²) in [5.74, 6) is -0.142. The van der Waals surface area contributed by atoms with Gasteiger partial charge in [-0.3, -0.25) is 9.78 Å². The highest BCUT2D eigenvalue weighted by atomic mass is 16.5. The minimum Gasteiger partial charge on any atom is -0.369 e. The second-order valence-electron chi connectivity index (χ2n) is 8.56. The number of aryl methyl sites for hydroxylation is 1. The Bertz CT molecular complexity index is 1370. The monoisotopic (exact) mass is 442 g/mol. The van der Waals surface area contributed by atoms with E-state index >= 15 is 0 Å². The average Bonchev–Trinajstić information content (AvgIpc) is 3.28. The van der Waals surface area contributed by atoms with Crippen LogP contribution in [0, 0.1) is 6.92 Å². The van der Waals surface area contributed by atoms with Gasteiger partial charge < -0.3 is 9.64 Å². The fourth-order valence-electron chi connectivity index (χ4n) is 4.31. The third-order valence-corrected chi connectivity index (χ3v) is 5.89. The Morgan fingerprint density at radius 2 is 2.06 bits per heavy atom. The molecule has 1 fully saturated rings. The van der Waals surface area contributed by atoms with Crippen LogP contribution >= 0.6 is 0 Å². The predicted molar refractivity (Wildman–Crippen MR) is 128 cm³/mol. The van der Waals surface area contributed by atoms with Crippen molar-refractivity contribution >= 4 is 39.7 Å². The van der Waals surface area contributed by atoms with Crippen molar-refractivity contribution in [2.45, 2.75) is 32.4 Å². The molecule has 8 heteroatoms. The number of hydrogen-bond donors (Lipinski definition) is 0. The van der Waals surface area contributed by atoms with Crippen molar-refractivity contribution < 1.29 is 9.53 Å². The molecule has 5 rings (SSSR count). The summed E-state index contributed by atoms with van der Waals surface area (Å²) in [7, 11) is 3.79. The van der Waals surface area contributed by atoms with Gasteiger partial charge in [0.1, 0.15) is 5.52 Å². The quantitative estimate of drug-likeness (QED) is 0.258. The summed E-state index contributed by atoms with van der Waals surface area (Å²) < 4.78 is 7.70. The third kappa shape index (κ3) is 3.87. The van der Waals surface area contributed by atoms with Gasteiger partial charge in [0.15, 0.2) is 12.0 Å². The van der Waals surface area contributed by atoms with E-state index in [4.69, 9.17) is 4.74 Å². The number of carbonyl (C=O) groups is 1. The molecule has 0 radical (unpaired) electrons. The first-order chi connectivity index (χ1) is 16.0. The van der Waals surface area contributed by atoms with E-state index in [9.17, 15) is 4.79 Å². The predicted octanol–water partition coefficient (Wildman–Crippen LogP) is 4.44. The molecular weight excluding hydrogens is 416 g/mol. The maximum atomic E-state index is 13.9. The summed E-state index contributed by atoms with van der Waals surface area (Å²) in [6.45, 7) is 2.67. The minimum absolute atomic E-state index is 0.142. The van der Waals surface area contributed by atoms with Gasteiger partial charge >= 0.3 is 0 Å². The van der Waals surface area contributed by atoms with Crippen LogP contribution in [0.5, 0.6) is 0 Å². The zero-order valence-electron chi connectivity index (χ0n) is 19.0. The molecule has 0 spiro atoms. The highest BCUT2D eigenvalue weighted by Crippen LogP contribution is 2.34. The highest BCUT2D eigenvalue weighted by Gasteiger charge is 2.24. The van der Waals surface area contributed by atoms with Gasteiger partial charge in [-0.1, -0.05) is 11.3 Å². The number of aliphatic imine (C=N–C) groups is 1. The van der Waals surface area contributed by atoms with E-state index in [0.29, 0.717) is 28.9 Å². The molecule has 8 nitrogen and oxygen atoms in total. The average molecular weight is 443 g/mol. The van der Waals surface area contributed by atoms with Crippen LogP contribution in [0.1, 0.15) is 47.0 Å². The van der Waals surface area contributed by atoms with Gasteiger partial charge in [0, 0.05) is 37.8 Å². The zero-order valence-corrected chi connectivity index (χ0v) is 19.0. The van der Waals surface area contributed by atoms with E-state index in [-0.39, 0.29) is 12.0 Å². The van der Waals surface area contributed by atoms with Gasteiger partial charge in [-0.25, -0.2) is 9.67 Å². The fourth-order valence-corrected chi connectivity index (χ4v) is 4.31. The molecule has 0 bridgehead atoms. The first kappa shape index (κ1) is 21.2. The number of pyridine rings is 1. The highest BCUT2D eigenvalue weighted by molar-refractivity contribution is 6.20.